The van der Waals surface area contributed by atoms with E-state index in [9.17, 15) is 19.8 Å². The van der Waals surface area contributed by atoms with Crippen LogP contribution in [0.15, 0.2) is 60.7 Å². The lowest BCUT2D eigenvalue weighted by molar-refractivity contribution is -0.310. The number of nitrogens with one attached hydrogen (secondary N) is 1. The molecule has 152 valence electrons. The lowest BCUT2D eigenvalue weighted by atomic mass is 9.81. The van der Waals surface area contributed by atoms with Crippen LogP contribution in [0.5, 0.6) is 0 Å². The quantitative estimate of drug-likeness (QED) is 0.660. The first-order chi connectivity index (χ1) is 14.5. The second kappa shape index (κ2) is 8.32. The van der Waals surface area contributed by atoms with Crippen molar-refractivity contribution in [2.24, 2.45) is 5.92 Å². The number of nitrogens with zero attached hydrogens (tertiary/aromatic N) is 2. The summed E-state index contributed by atoms with van der Waals surface area (Å²) in [7, 11) is 0. The van der Waals surface area contributed by atoms with Crippen molar-refractivity contribution in [1.82, 2.24) is 9.97 Å². The van der Waals surface area contributed by atoms with Crippen molar-refractivity contribution in [3.63, 3.8) is 0 Å². The summed E-state index contributed by atoms with van der Waals surface area (Å²) in [6, 6.07) is 19.1. The smallest absolute Gasteiger partial charge is 0.148 e. The van der Waals surface area contributed by atoms with Crippen LogP contribution in [0.1, 0.15) is 24.5 Å². The van der Waals surface area contributed by atoms with Gasteiger partial charge in [-0.25, -0.2) is 9.97 Å². The maximum atomic E-state index is 11.4. The number of carboxylic acid groups (broad SMARTS) is 2. The molecule has 2 heterocycles. The number of carboxylic acids is 2. The third-order valence-corrected chi connectivity index (χ3v) is 5.28. The second-order valence-corrected chi connectivity index (χ2v) is 7.29. The standard InChI is InChI=1S/C23H21N3O4/c27-18(28)11-16-13-24-23-22(17(16)12-19(29)30)25-20(14-7-3-1-4-8-14)21(26-23)15-9-5-2-6-10-15/h1-10,16-17H,11-13H2,(H,24,26)(H,27,28)(H,29,30)/p-2. The van der Waals surface area contributed by atoms with E-state index in [2.05, 4.69) is 5.32 Å². The van der Waals surface area contributed by atoms with E-state index in [0.29, 0.717) is 22.9 Å². The van der Waals surface area contributed by atoms with Crippen molar-refractivity contribution in [2.75, 3.05) is 11.9 Å². The average molecular weight is 401 g/mol. The van der Waals surface area contributed by atoms with Crippen LogP contribution < -0.4 is 15.5 Å². The fourth-order valence-corrected chi connectivity index (χ4v) is 3.90. The van der Waals surface area contributed by atoms with Crippen LogP contribution in [0.2, 0.25) is 0 Å². The molecule has 0 saturated carbocycles. The first-order valence-corrected chi connectivity index (χ1v) is 9.69. The van der Waals surface area contributed by atoms with Crippen LogP contribution in [-0.2, 0) is 9.59 Å². The Kier molecular flexibility index (Phi) is 5.43. The summed E-state index contributed by atoms with van der Waals surface area (Å²) in [5, 5.41) is 25.7. The normalized spacial score (nSPS) is 17.6. The fourth-order valence-electron chi connectivity index (χ4n) is 3.90. The Hall–Kier alpha value is -3.74. The zero-order chi connectivity index (χ0) is 21.1. The Morgan fingerprint density at radius 2 is 1.37 bits per heavy atom. The number of fused-ring (bicyclic) bond motifs is 1. The third-order valence-electron chi connectivity index (χ3n) is 5.28. The molecule has 0 radical (unpaired) electrons. The summed E-state index contributed by atoms with van der Waals surface area (Å²) in [6.07, 6.45) is -0.604. The van der Waals surface area contributed by atoms with Gasteiger partial charge in [0, 0.05) is 35.5 Å². The molecule has 1 aromatic heterocycles. The average Bonchev–Trinajstić information content (AvgIpc) is 2.75. The molecule has 7 heteroatoms. The van der Waals surface area contributed by atoms with Gasteiger partial charge in [0.25, 0.3) is 0 Å². The van der Waals surface area contributed by atoms with Gasteiger partial charge in [-0.15, -0.1) is 0 Å². The number of anilines is 1. The number of rotatable bonds is 6. The highest BCUT2D eigenvalue weighted by Crippen LogP contribution is 2.40. The van der Waals surface area contributed by atoms with Crippen LogP contribution in [-0.4, -0.2) is 28.5 Å². The summed E-state index contributed by atoms with van der Waals surface area (Å²) in [5.74, 6) is -3.14. The van der Waals surface area contributed by atoms with E-state index in [1.165, 1.54) is 0 Å². The van der Waals surface area contributed by atoms with Crippen molar-refractivity contribution in [3.05, 3.63) is 66.4 Å². The van der Waals surface area contributed by atoms with E-state index in [4.69, 9.17) is 9.97 Å². The summed E-state index contributed by atoms with van der Waals surface area (Å²) in [6.45, 7) is 0.270. The van der Waals surface area contributed by atoms with Crippen molar-refractivity contribution >= 4 is 17.8 Å². The minimum absolute atomic E-state index is 0.270. The molecule has 30 heavy (non-hydrogen) atoms. The molecule has 1 aliphatic heterocycles. The third kappa shape index (κ3) is 4.00. The van der Waals surface area contributed by atoms with E-state index in [1.54, 1.807) is 0 Å². The zero-order valence-electron chi connectivity index (χ0n) is 16.1. The lowest BCUT2D eigenvalue weighted by Gasteiger charge is -2.34. The van der Waals surface area contributed by atoms with Gasteiger partial charge in [-0.1, -0.05) is 60.7 Å². The molecule has 0 aliphatic carbocycles. The number of hydrogen-bond acceptors (Lipinski definition) is 7. The largest absolute Gasteiger partial charge is 0.550 e. The Morgan fingerprint density at radius 1 is 0.833 bits per heavy atom. The Bertz CT molecular complexity index is 1070. The molecule has 1 N–H and O–H groups in total. The molecule has 2 aromatic carbocycles. The van der Waals surface area contributed by atoms with Gasteiger partial charge < -0.3 is 25.1 Å². The van der Waals surface area contributed by atoms with Crippen LogP contribution in [0.25, 0.3) is 22.5 Å². The van der Waals surface area contributed by atoms with Gasteiger partial charge in [-0.2, -0.15) is 0 Å². The Balaban J connectivity index is 1.89. The summed E-state index contributed by atoms with van der Waals surface area (Å²) >= 11 is 0. The summed E-state index contributed by atoms with van der Waals surface area (Å²) in [4.78, 5) is 32.2. The van der Waals surface area contributed by atoms with Crippen LogP contribution >= 0.6 is 0 Å². The highest BCUT2D eigenvalue weighted by molar-refractivity contribution is 5.80. The molecular weight excluding hydrogens is 382 g/mol. The van der Waals surface area contributed by atoms with Crippen LogP contribution in [0.3, 0.4) is 0 Å². The maximum Gasteiger partial charge on any atom is 0.148 e. The topological polar surface area (TPSA) is 118 Å². The fraction of sp³-hybridized carbons (Fsp3) is 0.217. The van der Waals surface area contributed by atoms with E-state index in [0.717, 1.165) is 11.1 Å². The predicted molar refractivity (Wildman–Crippen MR) is 107 cm³/mol. The van der Waals surface area contributed by atoms with Crippen LogP contribution in [0.4, 0.5) is 5.82 Å². The van der Waals surface area contributed by atoms with E-state index >= 15 is 0 Å². The van der Waals surface area contributed by atoms with Crippen molar-refractivity contribution in [2.45, 2.75) is 18.8 Å². The molecule has 0 bridgehead atoms. The van der Waals surface area contributed by atoms with E-state index in [1.807, 2.05) is 60.7 Å². The molecule has 0 saturated heterocycles. The number of hydrogen-bond donors (Lipinski definition) is 1. The summed E-state index contributed by atoms with van der Waals surface area (Å²) < 4.78 is 0. The SMILES string of the molecule is O=C([O-])CC1CNc2nc(-c3ccccc3)c(-c3ccccc3)nc2C1CC(=O)[O-]. The van der Waals surface area contributed by atoms with Crippen LogP contribution in [0, 0.1) is 5.92 Å². The van der Waals surface area contributed by atoms with Crippen molar-refractivity contribution in [1.29, 1.82) is 0 Å². The number of carbonyl (C=O) groups excluding carboxylic acids is 2. The lowest BCUT2D eigenvalue weighted by Crippen LogP contribution is -2.38. The molecule has 4 rings (SSSR count). The van der Waals surface area contributed by atoms with Gasteiger partial charge in [0.2, 0.25) is 0 Å². The highest BCUT2D eigenvalue weighted by atomic mass is 16.4. The number of aromatic nitrogens is 2. The van der Waals surface area contributed by atoms with Crippen molar-refractivity contribution in [3.8, 4) is 22.5 Å². The second-order valence-electron chi connectivity index (χ2n) is 7.29. The molecule has 2 unspecified atom stereocenters. The molecule has 0 spiro atoms. The van der Waals surface area contributed by atoms with Crippen molar-refractivity contribution < 1.29 is 19.8 Å². The first kappa shape index (κ1) is 19.6. The molecule has 3 aromatic rings. The Labute approximate surface area is 173 Å². The minimum Gasteiger partial charge on any atom is -0.550 e. The molecule has 0 amide bonds. The van der Waals surface area contributed by atoms with Gasteiger partial charge in [-0.05, 0) is 18.8 Å². The first-order valence-electron chi connectivity index (χ1n) is 9.69. The number of aliphatic carboxylic acids is 2. The predicted octanol–water partition coefficient (Wildman–Crippen LogP) is 1.22. The molecule has 1 aliphatic rings. The molecule has 2 atom stereocenters. The van der Waals surface area contributed by atoms with Gasteiger partial charge in [-0.3, -0.25) is 0 Å². The molecule has 0 fully saturated rings. The van der Waals surface area contributed by atoms with Gasteiger partial charge in [0.15, 0.2) is 0 Å². The monoisotopic (exact) mass is 401 g/mol. The van der Waals surface area contributed by atoms with Gasteiger partial charge in [0.1, 0.15) is 5.82 Å². The van der Waals surface area contributed by atoms with Gasteiger partial charge in [0.05, 0.1) is 17.1 Å². The maximum absolute atomic E-state index is 11.4. The van der Waals surface area contributed by atoms with E-state index in [-0.39, 0.29) is 19.4 Å². The minimum atomic E-state index is -1.26. The highest BCUT2D eigenvalue weighted by Gasteiger charge is 2.33. The number of carbonyl (C=O) groups is 2. The molecular formula is C23H19N3O4-2. The number of benzene rings is 2. The zero-order valence-corrected chi connectivity index (χ0v) is 16.1. The molecule has 7 nitrogen and oxygen atoms in total. The summed E-state index contributed by atoms with van der Waals surface area (Å²) in [5.41, 5.74) is 3.43. The van der Waals surface area contributed by atoms with Gasteiger partial charge >= 0.3 is 0 Å². The van der Waals surface area contributed by atoms with E-state index < -0.39 is 23.8 Å². The Morgan fingerprint density at radius 3 is 1.90 bits per heavy atom.